The summed E-state index contributed by atoms with van der Waals surface area (Å²) in [4.78, 5) is 11.1. The zero-order valence-corrected chi connectivity index (χ0v) is 17.4. The quantitative estimate of drug-likeness (QED) is 0.637. The number of benzene rings is 1. The van der Waals surface area contributed by atoms with Crippen LogP contribution in [0.4, 0.5) is 5.82 Å². The smallest absolute Gasteiger partial charge is 0.218 e. The lowest BCUT2D eigenvalue weighted by atomic mass is 10.2. The maximum absolute atomic E-state index is 12.8. The molecule has 0 amide bonds. The lowest BCUT2D eigenvalue weighted by Gasteiger charge is -2.34. The van der Waals surface area contributed by atoms with Gasteiger partial charge in [0.25, 0.3) is 0 Å². The van der Waals surface area contributed by atoms with Crippen LogP contribution in [0.1, 0.15) is 17.0 Å². The number of anilines is 1. The Kier molecular flexibility index (Phi) is 5.33. The lowest BCUT2D eigenvalue weighted by molar-refractivity contribution is 0.383. The van der Waals surface area contributed by atoms with Crippen molar-refractivity contribution in [1.29, 1.82) is 0 Å². The molecule has 1 aliphatic heterocycles. The van der Waals surface area contributed by atoms with E-state index in [0.29, 0.717) is 37.8 Å². The topological polar surface area (TPSA) is 84.2 Å². The number of nitrogens with zero attached hydrogens (tertiary/aromatic N) is 6. The number of aryl methyl sites for hydroxylation is 2. The van der Waals surface area contributed by atoms with Gasteiger partial charge < -0.3 is 4.90 Å². The molecule has 3 heterocycles. The molecule has 1 aliphatic rings. The van der Waals surface area contributed by atoms with E-state index >= 15 is 0 Å². The highest BCUT2D eigenvalue weighted by atomic mass is 32.2. The van der Waals surface area contributed by atoms with E-state index in [2.05, 4.69) is 20.0 Å². The van der Waals surface area contributed by atoms with Gasteiger partial charge in [-0.15, -0.1) is 0 Å². The van der Waals surface area contributed by atoms with Crippen molar-refractivity contribution in [2.45, 2.75) is 19.6 Å². The van der Waals surface area contributed by atoms with Gasteiger partial charge in [0.1, 0.15) is 11.6 Å². The predicted octanol–water partition coefficient (Wildman–Crippen LogP) is 1.93. The SMILES string of the molecule is Cc1ccc(CS(=O)(=O)N2CCN(c3cc(-n4cccn4)nc(C)n3)CC2)cc1. The monoisotopic (exact) mass is 412 g/mol. The third-order valence-corrected chi connectivity index (χ3v) is 6.83. The Labute approximate surface area is 170 Å². The van der Waals surface area contributed by atoms with Crippen LogP contribution in [0.25, 0.3) is 5.82 Å². The van der Waals surface area contributed by atoms with Crippen LogP contribution in [0.2, 0.25) is 0 Å². The van der Waals surface area contributed by atoms with Crippen molar-refractivity contribution < 1.29 is 8.42 Å². The number of sulfonamides is 1. The van der Waals surface area contributed by atoms with Crippen molar-refractivity contribution in [1.82, 2.24) is 24.1 Å². The second-order valence-corrected chi connectivity index (χ2v) is 9.18. The summed E-state index contributed by atoms with van der Waals surface area (Å²) in [5.41, 5.74) is 1.93. The molecule has 1 aromatic carbocycles. The average molecular weight is 413 g/mol. The molecule has 0 aliphatic carbocycles. The normalized spacial score (nSPS) is 15.6. The molecule has 29 heavy (non-hydrogen) atoms. The Morgan fingerprint density at radius 1 is 0.966 bits per heavy atom. The van der Waals surface area contributed by atoms with Crippen molar-refractivity contribution in [2.75, 3.05) is 31.1 Å². The minimum Gasteiger partial charge on any atom is -0.354 e. The summed E-state index contributed by atoms with van der Waals surface area (Å²) in [6, 6.07) is 11.4. The summed E-state index contributed by atoms with van der Waals surface area (Å²) in [5.74, 6) is 2.18. The van der Waals surface area contributed by atoms with E-state index in [1.165, 1.54) is 0 Å². The van der Waals surface area contributed by atoms with Gasteiger partial charge in [0.05, 0.1) is 5.75 Å². The molecule has 4 rings (SSSR count). The molecule has 152 valence electrons. The van der Waals surface area contributed by atoms with Crippen LogP contribution in [0.3, 0.4) is 0 Å². The van der Waals surface area contributed by atoms with Gasteiger partial charge in [-0.25, -0.2) is 23.1 Å². The number of hydrogen-bond acceptors (Lipinski definition) is 6. The summed E-state index contributed by atoms with van der Waals surface area (Å²) in [6.45, 7) is 5.88. The van der Waals surface area contributed by atoms with Crippen LogP contribution < -0.4 is 4.90 Å². The number of hydrogen-bond donors (Lipinski definition) is 0. The van der Waals surface area contributed by atoms with Crippen LogP contribution in [0, 0.1) is 13.8 Å². The molecule has 1 saturated heterocycles. The highest BCUT2D eigenvalue weighted by molar-refractivity contribution is 7.88. The van der Waals surface area contributed by atoms with Gasteiger partial charge >= 0.3 is 0 Å². The highest BCUT2D eigenvalue weighted by Crippen LogP contribution is 2.20. The molecule has 0 unspecified atom stereocenters. The fourth-order valence-electron chi connectivity index (χ4n) is 3.40. The maximum Gasteiger partial charge on any atom is 0.218 e. The first kappa shape index (κ1) is 19.5. The van der Waals surface area contributed by atoms with Crippen LogP contribution >= 0.6 is 0 Å². The highest BCUT2D eigenvalue weighted by Gasteiger charge is 2.28. The van der Waals surface area contributed by atoms with E-state index in [1.807, 2.05) is 56.4 Å². The molecule has 1 fully saturated rings. The molecule has 0 N–H and O–H groups in total. The third-order valence-electron chi connectivity index (χ3n) is 4.98. The summed E-state index contributed by atoms with van der Waals surface area (Å²) < 4.78 is 28.9. The van der Waals surface area contributed by atoms with E-state index in [-0.39, 0.29) is 5.75 Å². The van der Waals surface area contributed by atoms with E-state index in [0.717, 1.165) is 16.9 Å². The van der Waals surface area contributed by atoms with Crippen molar-refractivity contribution >= 4 is 15.8 Å². The minimum atomic E-state index is -3.35. The Hall–Kier alpha value is -2.78. The van der Waals surface area contributed by atoms with Gasteiger partial charge in [0.15, 0.2) is 5.82 Å². The number of rotatable bonds is 5. The van der Waals surface area contributed by atoms with Crippen molar-refractivity contribution in [2.24, 2.45) is 0 Å². The maximum atomic E-state index is 12.8. The van der Waals surface area contributed by atoms with Crippen molar-refractivity contribution in [3.05, 3.63) is 65.7 Å². The second kappa shape index (κ2) is 7.92. The zero-order chi connectivity index (χ0) is 20.4. The number of aromatic nitrogens is 4. The third kappa shape index (κ3) is 4.46. The predicted molar refractivity (Wildman–Crippen MR) is 111 cm³/mol. The van der Waals surface area contributed by atoms with Crippen molar-refractivity contribution in [3.63, 3.8) is 0 Å². The molecule has 8 nitrogen and oxygen atoms in total. The van der Waals surface area contributed by atoms with E-state index in [1.54, 1.807) is 15.2 Å². The van der Waals surface area contributed by atoms with Crippen LogP contribution in [-0.4, -0.2) is 58.7 Å². The van der Waals surface area contributed by atoms with E-state index in [9.17, 15) is 8.42 Å². The van der Waals surface area contributed by atoms with Crippen LogP contribution in [-0.2, 0) is 15.8 Å². The standard InChI is InChI=1S/C20H24N6O2S/c1-16-4-6-18(7-5-16)15-29(27,28)25-12-10-24(11-13-25)19-14-20(23-17(2)22-19)26-9-3-8-21-26/h3-9,14H,10-13,15H2,1-2H3. The molecular weight excluding hydrogens is 388 g/mol. The Balaban J connectivity index is 1.45. The Morgan fingerprint density at radius 2 is 1.66 bits per heavy atom. The lowest BCUT2D eigenvalue weighted by Crippen LogP contribution is -2.49. The largest absolute Gasteiger partial charge is 0.354 e. The average Bonchev–Trinajstić information content (AvgIpc) is 3.24. The summed E-state index contributed by atoms with van der Waals surface area (Å²) in [7, 11) is -3.35. The second-order valence-electron chi connectivity index (χ2n) is 7.21. The first-order valence-electron chi connectivity index (χ1n) is 9.55. The molecule has 0 spiro atoms. The Bertz CT molecular complexity index is 1070. The zero-order valence-electron chi connectivity index (χ0n) is 16.6. The van der Waals surface area contributed by atoms with Gasteiger partial charge in [0.2, 0.25) is 10.0 Å². The molecule has 0 bridgehead atoms. The van der Waals surface area contributed by atoms with Crippen LogP contribution in [0.15, 0.2) is 48.8 Å². The summed E-state index contributed by atoms with van der Waals surface area (Å²) in [5, 5.41) is 4.22. The van der Waals surface area contributed by atoms with Gasteiger partial charge in [-0.1, -0.05) is 29.8 Å². The minimum absolute atomic E-state index is 0.0311. The fourth-order valence-corrected chi connectivity index (χ4v) is 4.92. The van der Waals surface area contributed by atoms with Gasteiger partial charge in [-0.2, -0.15) is 9.40 Å². The summed E-state index contributed by atoms with van der Waals surface area (Å²) in [6.07, 6.45) is 3.54. The first-order chi connectivity index (χ1) is 13.9. The first-order valence-corrected chi connectivity index (χ1v) is 11.2. The summed E-state index contributed by atoms with van der Waals surface area (Å²) >= 11 is 0. The van der Waals surface area contributed by atoms with Gasteiger partial charge in [-0.05, 0) is 25.5 Å². The molecule has 0 radical (unpaired) electrons. The molecule has 2 aromatic heterocycles. The molecular formula is C20H24N6O2S. The van der Waals surface area contributed by atoms with Crippen molar-refractivity contribution in [3.8, 4) is 5.82 Å². The van der Waals surface area contributed by atoms with Gasteiger partial charge in [-0.3, -0.25) is 0 Å². The van der Waals surface area contributed by atoms with E-state index < -0.39 is 10.0 Å². The molecule has 9 heteroatoms. The van der Waals surface area contributed by atoms with Crippen LogP contribution in [0.5, 0.6) is 0 Å². The van der Waals surface area contributed by atoms with Gasteiger partial charge in [0, 0.05) is 44.6 Å². The van der Waals surface area contributed by atoms with E-state index in [4.69, 9.17) is 0 Å². The molecule has 0 atom stereocenters. The number of piperazine rings is 1. The fraction of sp³-hybridized carbons (Fsp3) is 0.350. The molecule has 3 aromatic rings. The Morgan fingerprint density at radius 3 is 2.31 bits per heavy atom. The molecule has 0 saturated carbocycles.